The van der Waals surface area contributed by atoms with E-state index in [4.69, 9.17) is 4.74 Å². The van der Waals surface area contributed by atoms with Gasteiger partial charge in [-0.3, -0.25) is 0 Å². The van der Waals surface area contributed by atoms with Gasteiger partial charge in [0.15, 0.2) is 0 Å². The Kier molecular flexibility index (Phi) is 21.4. The molecular formula is C14H32ClNO. The van der Waals surface area contributed by atoms with Crippen molar-refractivity contribution in [3.63, 3.8) is 0 Å². The van der Waals surface area contributed by atoms with E-state index in [-0.39, 0.29) is 12.4 Å². The number of hydrogen-bond donors (Lipinski definition) is 1. The minimum Gasteiger partial charge on any atom is -1.00 e. The van der Waals surface area contributed by atoms with Crippen molar-refractivity contribution < 1.29 is 22.9 Å². The molecule has 0 spiro atoms. The molecule has 2 nitrogen and oxygen atoms in total. The van der Waals surface area contributed by atoms with Crippen LogP contribution in [0.1, 0.15) is 71.1 Å². The Morgan fingerprint density at radius 2 is 1.18 bits per heavy atom. The molecule has 0 saturated carbocycles. The van der Waals surface area contributed by atoms with E-state index in [1.54, 1.807) is 0 Å². The summed E-state index contributed by atoms with van der Waals surface area (Å²) in [4.78, 5) is 0. The second-order valence-corrected chi connectivity index (χ2v) is 4.65. The predicted octanol–water partition coefficient (Wildman–Crippen LogP) is 0.170. The highest BCUT2D eigenvalue weighted by molar-refractivity contribution is 4.47. The van der Waals surface area contributed by atoms with Gasteiger partial charge in [-0.15, -0.1) is 0 Å². The van der Waals surface area contributed by atoms with Gasteiger partial charge in [-0.1, -0.05) is 64.7 Å². The van der Waals surface area contributed by atoms with Crippen molar-refractivity contribution >= 4 is 0 Å². The lowest BCUT2D eigenvalue weighted by Crippen LogP contribution is -3.00. The number of rotatable bonds is 13. The molecule has 0 aliphatic rings. The summed E-state index contributed by atoms with van der Waals surface area (Å²) in [6.07, 6.45) is 13.9. The summed E-state index contributed by atoms with van der Waals surface area (Å²) in [5, 5.41) is 0. The van der Waals surface area contributed by atoms with Gasteiger partial charge in [0.2, 0.25) is 0 Å². The Morgan fingerprint density at radius 3 is 1.65 bits per heavy atom. The normalized spacial score (nSPS) is 10.2. The van der Waals surface area contributed by atoms with Crippen molar-refractivity contribution in [1.82, 2.24) is 0 Å². The Hall–Kier alpha value is 0.210. The fraction of sp³-hybridized carbons (Fsp3) is 1.00. The van der Waals surface area contributed by atoms with Crippen LogP contribution in [0.15, 0.2) is 0 Å². The highest BCUT2D eigenvalue weighted by Crippen LogP contribution is 2.10. The lowest BCUT2D eigenvalue weighted by Gasteiger charge is -2.02. The molecule has 3 heteroatoms. The second kappa shape index (κ2) is 18.6. The van der Waals surface area contributed by atoms with Crippen LogP contribution < -0.4 is 18.1 Å². The van der Waals surface area contributed by atoms with Gasteiger partial charge in [-0.25, -0.2) is 0 Å². The summed E-state index contributed by atoms with van der Waals surface area (Å²) in [5.74, 6) is 0. The Labute approximate surface area is 114 Å². The molecule has 0 saturated heterocycles. The molecule has 0 heterocycles. The summed E-state index contributed by atoms with van der Waals surface area (Å²) >= 11 is 0. The molecule has 3 N–H and O–H groups in total. The predicted molar refractivity (Wildman–Crippen MR) is 70.4 cm³/mol. The van der Waals surface area contributed by atoms with Crippen molar-refractivity contribution in [2.24, 2.45) is 0 Å². The van der Waals surface area contributed by atoms with Crippen LogP contribution in [-0.4, -0.2) is 19.8 Å². The van der Waals surface area contributed by atoms with Crippen LogP contribution in [0.2, 0.25) is 0 Å². The van der Waals surface area contributed by atoms with Gasteiger partial charge in [0.25, 0.3) is 0 Å². The number of ether oxygens (including phenoxy) is 1. The van der Waals surface area contributed by atoms with Crippen LogP contribution in [0.25, 0.3) is 0 Å². The van der Waals surface area contributed by atoms with Crippen molar-refractivity contribution in [1.29, 1.82) is 0 Å². The Balaban J connectivity index is 0. The molecule has 0 rings (SSSR count). The standard InChI is InChI=1S/C14H31NO.ClH/c1-2-3-4-5-6-7-8-9-10-11-13-16-14-12-15;/h2-15H2,1H3;1H. The topological polar surface area (TPSA) is 36.9 Å². The lowest BCUT2D eigenvalue weighted by molar-refractivity contribution is -0.374. The molecular weight excluding hydrogens is 234 g/mol. The maximum Gasteiger partial charge on any atom is 0.0977 e. The molecule has 0 radical (unpaired) electrons. The molecule has 0 fully saturated rings. The number of unbranched alkanes of at least 4 members (excludes halogenated alkanes) is 9. The fourth-order valence-electron chi connectivity index (χ4n) is 1.90. The average molecular weight is 266 g/mol. The van der Waals surface area contributed by atoms with E-state index in [2.05, 4.69) is 12.7 Å². The largest absolute Gasteiger partial charge is 1.00 e. The van der Waals surface area contributed by atoms with E-state index in [1.165, 1.54) is 64.2 Å². The van der Waals surface area contributed by atoms with E-state index >= 15 is 0 Å². The van der Waals surface area contributed by atoms with E-state index in [0.717, 1.165) is 19.8 Å². The van der Waals surface area contributed by atoms with Gasteiger partial charge in [0, 0.05) is 6.61 Å². The molecule has 0 unspecified atom stereocenters. The monoisotopic (exact) mass is 265 g/mol. The van der Waals surface area contributed by atoms with E-state index in [1.807, 2.05) is 0 Å². The number of halogens is 1. The maximum atomic E-state index is 5.39. The third-order valence-electron chi connectivity index (χ3n) is 2.93. The molecule has 0 amide bonds. The smallest absolute Gasteiger partial charge is 0.0977 e. The van der Waals surface area contributed by atoms with Crippen LogP contribution in [0, 0.1) is 0 Å². The van der Waals surface area contributed by atoms with Crippen LogP contribution in [-0.2, 0) is 4.74 Å². The minimum atomic E-state index is 0. The van der Waals surface area contributed by atoms with E-state index in [9.17, 15) is 0 Å². The minimum absolute atomic E-state index is 0. The van der Waals surface area contributed by atoms with Gasteiger partial charge in [0.05, 0.1) is 13.2 Å². The molecule has 0 aromatic rings. The van der Waals surface area contributed by atoms with Crippen LogP contribution in [0.5, 0.6) is 0 Å². The first-order chi connectivity index (χ1) is 7.91. The second-order valence-electron chi connectivity index (χ2n) is 4.65. The highest BCUT2D eigenvalue weighted by Gasteiger charge is 1.92. The fourth-order valence-corrected chi connectivity index (χ4v) is 1.90. The zero-order valence-electron chi connectivity index (χ0n) is 11.7. The first kappa shape index (κ1) is 19.5. The summed E-state index contributed by atoms with van der Waals surface area (Å²) in [6.45, 7) is 4.94. The summed E-state index contributed by atoms with van der Waals surface area (Å²) in [6, 6.07) is 0. The third-order valence-corrected chi connectivity index (χ3v) is 2.93. The summed E-state index contributed by atoms with van der Waals surface area (Å²) < 4.78 is 5.39. The Bertz CT molecular complexity index is 109. The summed E-state index contributed by atoms with van der Waals surface area (Å²) in [5.41, 5.74) is 3.75. The lowest BCUT2D eigenvalue weighted by atomic mass is 10.1. The highest BCUT2D eigenvalue weighted by atomic mass is 35.5. The number of hydrogen-bond acceptors (Lipinski definition) is 1. The first-order valence-electron chi connectivity index (χ1n) is 7.28. The van der Waals surface area contributed by atoms with Crippen LogP contribution >= 0.6 is 0 Å². The van der Waals surface area contributed by atoms with Crippen molar-refractivity contribution in [3.05, 3.63) is 0 Å². The van der Waals surface area contributed by atoms with Gasteiger partial charge < -0.3 is 22.9 Å². The molecule has 0 aliphatic heterocycles. The zero-order valence-corrected chi connectivity index (χ0v) is 12.4. The molecule has 0 atom stereocenters. The Morgan fingerprint density at radius 1 is 0.706 bits per heavy atom. The van der Waals surface area contributed by atoms with Gasteiger partial charge >= 0.3 is 0 Å². The molecule has 0 aromatic carbocycles. The molecule has 17 heavy (non-hydrogen) atoms. The molecule has 106 valence electrons. The van der Waals surface area contributed by atoms with Gasteiger partial charge in [0.1, 0.15) is 0 Å². The molecule has 0 aliphatic carbocycles. The number of quaternary nitrogens is 1. The van der Waals surface area contributed by atoms with Crippen molar-refractivity contribution in [3.8, 4) is 0 Å². The van der Waals surface area contributed by atoms with Gasteiger partial charge in [-0.05, 0) is 6.42 Å². The molecule has 0 aromatic heterocycles. The van der Waals surface area contributed by atoms with E-state index < -0.39 is 0 Å². The zero-order chi connectivity index (χ0) is 11.9. The average Bonchev–Trinajstić information content (AvgIpc) is 2.31. The van der Waals surface area contributed by atoms with Crippen molar-refractivity contribution in [2.45, 2.75) is 71.1 Å². The van der Waals surface area contributed by atoms with Crippen molar-refractivity contribution in [2.75, 3.05) is 19.8 Å². The first-order valence-corrected chi connectivity index (χ1v) is 7.28. The van der Waals surface area contributed by atoms with Crippen LogP contribution in [0.3, 0.4) is 0 Å². The quantitative estimate of drug-likeness (QED) is 0.474. The maximum absolute atomic E-state index is 5.39. The molecule has 0 bridgehead atoms. The SMILES string of the molecule is CCCCCCCCCCCCOCC[NH3+].[Cl-]. The summed E-state index contributed by atoms with van der Waals surface area (Å²) in [7, 11) is 0. The van der Waals surface area contributed by atoms with E-state index in [0.29, 0.717) is 0 Å². The van der Waals surface area contributed by atoms with Gasteiger partial charge in [-0.2, -0.15) is 0 Å². The van der Waals surface area contributed by atoms with Crippen LogP contribution in [0.4, 0.5) is 0 Å². The third kappa shape index (κ3) is 18.8.